The second-order valence-corrected chi connectivity index (χ2v) is 6.56. The number of hydrogen-bond donors (Lipinski definition) is 1. The van der Waals surface area contributed by atoms with Crippen LogP contribution in [0.1, 0.15) is 48.9 Å². The molecule has 0 spiro atoms. The van der Waals surface area contributed by atoms with E-state index in [-0.39, 0.29) is 0 Å². The molecular formula is C19H25N3. The monoisotopic (exact) mass is 295 g/mol. The summed E-state index contributed by atoms with van der Waals surface area (Å²) in [5, 5.41) is 0. The zero-order valence-corrected chi connectivity index (χ0v) is 13.6. The molecule has 0 bridgehead atoms. The van der Waals surface area contributed by atoms with E-state index in [2.05, 4.69) is 48.1 Å². The van der Waals surface area contributed by atoms with Crippen LogP contribution >= 0.6 is 0 Å². The van der Waals surface area contributed by atoms with E-state index in [1.165, 1.54) is 48.8 Å². The van der Waals surface area contributed by atoms with E-state index in [1.54, 1.807) is 0 Å². The molecular weight excluding hydrogens is 270 g/mol. The van der Waals surface area contributed by atoms with E-state index in [1.807, 2.05) is 0 Å². The molecule has 1 aromatic heterocycles. The molecule has 3 rings (SSSR count). The van der Waals surface area contributed by atoms with Gasteiger partial charge in [0.1, 0.15) is 0 Å². The number of rotatable bonds is 3. The highest BCUT2D eigenvalue weighted by molar-refractivity contribution is 5.66. The zero-order valence-electron chi connectivity index (χ0n) is 13.6. The summed E-state index contributed by atoms with van der Waals surface area (Å²) in [6, 6.07) is 8.46. The average Bonchev–Trinajstić information content (AvgIpc) is 2.50. The third-order valence-corrected chi connectivity index (χ3v) is 4.90. The van der Waals surface area contributed by atoms with Gasteiger partial charge in [-0.15, -0.1) is 0 Å². The molecule has 1 fully saturated rings. The second-order valence-electron chi connectivity index (χ2n) is 6.56. The molecule has 3 nitrogen and oxygen atoms in total. The molecule has 22 heavy (non-hydrogen) atoms. The molecule has 0 radical (unpaired) electrons. The second kappa shape index (κ2) is 6.47. The Morgan fingerprint density at radius 1 is 1.09 bits per heavy atom. The average molecular weight is 295 g/mol. The predicted molar refractivity (Wildman–Crippen MR) is 91.6 cm³/mol. The minimum Gasteiger partial charge on any atom is -0.368 e. The Bertz CT molecular complexity index is 658. The van der Waals surface area contributed by atoms with Crippen LogP contribution in [0.2, 0.25) is 0 Å². The summed E-state index contributed by atoms with van der Waals surface area (Å²) in [7, 11) is 0. The summed E-state index contributed by atoms with van der Waals surface area (Å²) in [4.78, 5) is 8.94. The maximum atomic E-state index is 5.97. The van der Waals surface area contributed by atoms with E-state index in [4.69, 9.17) is 5.73 Å². The summed E-state index contributed by atoms with van der Waals surface area (Å²) in [6.07, 6.45) is 7.77. The van der Waals surface area contributed by atoms with Crippen LogP contribution in [0.4, 0.5) is 5.95 Å². The molecule has 0 atom stereocenters. The number of anilines is 1. The van der Waals surface area contributed by atoms with Crippen molar-refractivity contribution in [2.24, 2.45) is 5.92 Å². The standard InChI is InChI=1S/C19H25N3/c1-13-7-6-10-17(14(13)2)18-12-16(21-19(20)22-18)11-15-8-4-3-5-9-15/h6-7,10,12,15H,3-5,8-9,11H2,1-2H3,(H2,20,21,22). The molecule has 3 heteroatoms. The summed E-state index contributed by atoms with van der Waals surface area (Å²) in [5.74, 6) is 1.15. The molecule has 1 saturated carbocycles. The summed E-state index contributed by atoms with van der Waals surface area (Å²) in [6.45, 7) is 4.27. The van der Waals surface area contributed by atoms with E-state index < -0.39 is 0 Å². The Morgan fingerprint density at radius 2 is 1.86 bits per heavy atom. The van der Waals surface area contributed by atoms with Crippen molar-refractivity contribution >= 4 is 5.95 Å². The number of aromatic nitrogens is 2. The first-order chi connectivity index (χ1) is 10.6. The molecule has 1 heterocycles. The summed E-state index contributed by atoms with van der Waals surface area (Å²) < 4.78 is 0. The van der Waals surface area contributed by atoms with Crippen LogP contribution in [0.5, 0.6) is 0 Å². The number of aryl methyl sites for hydroxylation is 1. The van der Waals surface area contributed by atoms with Gasteiger partial charge in [-0.05, 0) is 43.4 Å². The van der Waals surface area contributed by atoms with Crippen molar-refractivity contribution in [2.45, 2.75) is 52.4 Å². The highest BCUT2D eigenvalue weighted by atomic mass is 15.0. The van der Waals surface area contributed by atoms with Crippen LogP contribution in [-0.2, 0) is 6.42 Å². The highest BCUT2D eigenvalue weighted by Crippen LogP contribution is 2.29. The van der Waals surface area contributed by atoms with E-state index in [9.17, 15) is 0 Å². The van der Waals surface area contributed by atoms with Crippen LogP contribution in [0.3, 0.4) is 0 Å². The summed E-state index contributed by atoms with van der Waals surface area (Å²) >= 11 is 0. The lowest BCUT2D eigenvalue weighted by Gasteiger charge is -2.21. The SMILES string of the molecule is Cc1cccc(-c2cc(CC3CCCCC3)nc(N)n2)c1C. The van der Waals surface area contributed by atoms with Gasteiger partial charge in [-0.2, -0.15) is 0 Å². The third kappa shape index (κ3) is 3.29. The molecule has 116 valence electrons. The van der Waals surface area contributed by atoms with Crippen LogP contribution in [-0.4, -0.2) is 9.97 Å². The van der Waals surface area contributed by atoms with Crippen molar-refractivity contribution in [2.75, 3.05) is 5.73 Å². The molecule has 1 aromatic carbocycles. The lowest BCUT2D eigenvalue weighted by molar-refractivity contribution is 0.354. The topological polar surface area (TPSA) is 51.8 Å². The van der Waals surface area contributed by atoms with Gasteiger partial charge in [0.2, 0.25) is 5.95 Å². The van der Waals surface area contributed by atoms with Crippen LogP contribution in [0.15, 0.2) is 24.3 Å². The Morgan fingerprint density at radius 3 is 2.64 bits per heavy atom. The Labute approximate surface area is 133 Å². The fourth-order valence-electron chi connectivity index (χ4n) is 3.48. The third-order valence-electron chi connectivity index (χ3n) is 4.90. The first-order valence-corrected chi connectivity index (χ1v) is 8.33. The molecule has 0 amide bonds. The van der Waals surface area contributed by atoms with E-state index >= 15 is 0 Å². The number of nitrogens with zero attached hydrogens (tertiary/aromatic N) is 2. The number of nitrogen functional groups attached to an aromatic ring is 1. The van der Waals surface area contributed by atoms with Crippen LogP contribution < -0.4 is 5.73 Å². The molecule has 0 saturated heterocycles. The van der Waals surface area contributed by atoms with Gasteiger partial charge in [-0.3, -0.25) is 0 Å². The van der Waals surface area contributed by atoms with Crippen LogP contribution in [0, 0.1) is 19.8 Å². The largest absolute Gasteiger partial charge is 0.368 e. The zero-order chi connectivity index (χ0) is 15.5. The lowest BCUT2D eigenvalue weighted by atomic mass is 9.86. The van der Waals surface area contributed by atoms with E-state index in [0.717, 1.165) is 23.7 Å². The number of hydrogen-bond acceptors (Lipinski definition) is 3. The van der Waals surface area contributed by atoms with Crippen molar-refractivity contribution in [3.05, 3.63) is 41.1 Å². The fraction of sp³-hybridized carbons (Fsp3) is 0.474. The molecule has 0 unspecified atom stereocenters. The van der Waals surface area contributed by atoms with Crippen molar-refractivity contribution in [3.8, 4) is 11.3 Å². The minimum absolute atomic E-state index is 0.393. The van der Waals surface area contributed by atoms with Crippen molar-refractivity contribution < 1.29 is 0 Å². The van der Waals surface area contributed by atoms with Gasteiger partial charge in [-0.25, -0.2) is 9.97 Å². The molecule has 1 aliphatic rings. The minimum atomic E-state index is 0.393. The van der Waals surface area contributed by atoms with Crippen LogP contribution in [0.25, 0.3) is 11.3 Å². The van der Waals surface area contributed by atoms with Crippen molar-refractivity contribution in [1.29, 1.82) is 0 Å². The van der Waals surface area contributed by atoms with Crippen molar-refractivity contribution in [3.63, 3.8) is 0 Å². The highest BCUT2D eigenvalue weighted by Gasteiger charge is 2.16. The van der Waals surface area contributed by atoms with Gasteiger partial charge in [0.15, 0.2) is 0 Å². The Hall–Kier alpha value is -1.90. The number of nitrogens with two attached hydrogens (primary N) is 1. The van der Waals surface area contributed by atoms with Gasteiger partial charge < -0.3 is 5.73 Å². The van der Waals surface area contributed by atoms with Gasteiger partial charge in [0, 0.05) is 11.3 Å². The number of benzene rings is 1. The van der Waals surface area contributed by atoms with Gasteiger partial charge >= 0.3 is 0 Å². The maximum absolute atomic E-state index is 5.97. The first-order valence-electron chi connectivity index (χ1n) is 8.33. The predicted octanol–water partition coefficient (Wildman–Crippen LogP) is 4.47. The van der Waals surface area contributed by atoms with Gasteiger partial charge in [-0.1, -0.05) is 50.3 Å². The first kappa shape index (κ1) is 15.0. The lowest BCUT2D eigenvalue weighted by Crippen LogP contribution is -2.11. The maximum Gasteiger partial charge on any atom is 0.220 e. The molecule has 0 aliphatic heterocycles. The Kier molecular flexibility index (Phi) is 4.41. The van der Waals surface area contributed by atoms with Crippen molar-refractivity contribution in [1.82, 2.24) is 9.97 Å². The van der Waals surface area contributed by atoms with E-state index in [0.29, 0.717) is 5.95 Å². The normalized spacial score (nSPS) is 15.9. The summed E-state index contributed by atoms with van der Waals surface area (Å²) in [5.41, 5.74) is 11.7. The molecule has 2 N–H and O–H groups in total. The Balaban J connectivity index is 1.90. The van der Waals surface area contributed by atoms with Gasteiger partial charge in [0.05, 0.1) is 5.69 Å². The smallest absolute Gasteiger partial charge is 0.220 e. The van der Waals surface area contributed by atoms with Gasteiger partial charge in [0.25, 0.3) is 0 Å². The fourth-order valence-corrected chi connectivity index (χ4v) is 3.48. The molecule has 1 aliphatic carbocycles. The quantitative estimate of drug-likeness (QED) is 0.909. The molecule has 2 aromatic rings.